The van der Waals surface area contributed by atoms with Crippen LogP contribution in [-0.4, -0.2) is 30.6 Å². The van der Waals surface area contributed by atoms with Crippen LogP contribution in [0.3, 0.4) is 0 Å². The number of carbonyl (C=O) groups excluding carboxylic acids is 1. The second-order valence-electron chi connectivity index (χ2n) is 6.29. The van der Waals surface area contributed by atoms with Gasteiger partial charge in [-0.05, 0) is 36.4 Å². The van der Waals surface area contributed by atoms with Gasteiger partial charge < -0.3 is 10.6 Å². The summed E-state index contributed by atoms with van der Waals surface area (Å²) in [5.74, 6) is 0.724. The van der Waals surface area contributed by atoms with Gasteiger partial charge in [0.05, 0.1) is 15.5 Å². The van der Waals surface area contributed by atoms with Crippen molar-refractivity contribution in [2.45, 2.75) is 0 Å². The summed E-state index contributed by atoms with van der Waals surface area (Å²) >= 11 is 6.01. The summed E-state index contributed by atoms with van der Waals surface area (Å²) in [5, 5.41) is 20.8. The number of nitrogens with zero attached hydrogens (tertiary/aromatic N) is 5. The zero-order chi connectivity index (χ0) is 21.8. The van der Waals surface area contributed by atoms with Crippen molar-refractivity contribution in [2.24, 2.45) is 0 Å². The molecule has 0 spiro atoms. The molecule has 0 saturated heterocycles. The summed E-state index contributed by atoms with van der Waals surface area (Å²) in [6, 6.07) is 14.2. The normalized spacial score (nSPS) is 10.5. The SMILES string of the molecule is O=C(Nc1ccc(Nc2cc(-n3cccn3)ncn2)cc1)c1ccc([N+](=O)[O-])cc1Cl. The number of nitrogens with one attached hydrogen (secondary N) is 2. The Morgan fingerprint density at radius 1 is 1.06 bits per heavy atom. The van der Waals surface area contributed by atoms with Crippen molar-refractivity contribution in [1.29, 1.82) is 0 Å². The fraction of sp³-hybridized carbons (Fsp3) is 0. The molecule has 11 heteroatoms. The molecule has 1 amide bonds. The first-order valence-corrected chi connectivity index (χ1v) is 9.32. The number of amides is 1. The first kappa shape index (κ1) is 20.0. The Morgan fingerprint density at radius 3 is 2.52 bits per heavy atom. The summed E-state index contributed by atoms with van der Waals surface area (Å²) < 4.78 is 1.62. The van der Waals surface area contributed by atoms with Gasteiger partial charge in [0.2, 0.25) is 0 Å². The molecule has 10 nitrogen and oxygen atoms in total. The predicted molar refractivity (Wildman–Crippen MR) is 115 cm³/mol. The van der Waals surface area contributed by atoms with E-state index >= 15 is 0 Å². The number of rotatable bonds is 6. The minimum atomic E-state index is -0.574. The van der Waals surface area contributed by atoms with Crippen molar-refractivity contribution in [3.8, 4) is 5.82 Å². The van der Waals surface area contributed by atoms with Gasteiger partial charge >= 0.3 is 0 Å². The van der Waals surface area contributed by atoms with E-state index in [0.717, 1.165) is 11.8 Å². The fourth-order valence-electron chi connectivity index (χ4n) is 2.73. The van der Waals surface area contributed by atoms with Crippen LogP contribution in [0.4, 0.5) is 22.9 Å². The van der Waals surface area contributed by atoms with Crippen LogP contribution in [-0.2, 0) is 0 Å². The number of carbonyl (C=O) groups is 1. The van der Waals surface area contributed by atoms with Crippen molar-refractivity contribution >= 4 is 40.4 Å². The minimum Gasteiger partial charge on any atom is -0.340 e. The highest BCUT2D eigenvalue weighted by atomic mass is 35.5. The third-order valence-corrected chi connectivity index (χ3v) is 4.53. The van der Waals surface area contributed by atoms with E-state index in [-0.39, 0.29) is 16.3 Å². The maximum Gasteiger partial charge on any atom is 0.270 e. The van der Waals surface area contributed by atoms with Gasteiger partial charge in [0.1, 0.15) is 12.1 Å². The number of anilines is 3. The Kier molecular flexibility index (Phi) is 5.54. The molecule has 2 N–H and O–H groups in total. The predicted octanol–water partition coefficient (Wildman–Crippen LogP) is 4.22. The van der Waals surface area contributed by atoms with Crippen molar-refractivity contribution in [2.75, 3.05) is 10.6 Å². The average molecular weight is 436 g/mol. The second-order valence-corrected chi connectivity index (χ2v) is 6.70. The van der Waals surface area contributed by atoms with E-state index in [1.165, 1.54) is 18.5 Å². The Balaban J connectivity index is 1.43. The molecular formula is C20H14ClN7O3. The number of halogens is 1. The lowest BCUT2D eigenvalue weighted by Gasteiger charge is -2.09. The van der Waals surface area contributed by atoms with Crippen molar-refractivity contribution < 1.29 is 9.72 Å². The van der Waals surface area contributed by atoms with Gasteiger partial charge in [0, 0.05) is 42.0 Å². The van der Waals surface area contributed by atoms with E-state index in [1.54, 1.807) is 53.5 Å². The molecule has 2 aromatic carbocycles. The molecule has 0 aliphatic rings. The zero-order valence-corrected chi connectivity index (χ0v) is 16.5. The lowest BCUT2D eigenvalue weighted by Crippen LogP contribution is -2.12. The molecule has 154 valence electrons. The molecule has 0 bridgehead atoms. The Bertz CT molecular complexity index is 1240. The number of aromatic nitrogens is 4. The third-order valence-electron chi connectivity index (χ3n) is 4.22. The fourth-order valence-corrected chi connectivity index (χ4v) is 2.99. The molecule has 0 saturated carbocycles. The largest absolute Gasteiger partial charge is 0.340 e. The van der Waals surface area contributed by atoms with Gasteiger partial charge in [-0.15, -0.1) is 0 Å². The highest BCUT2D eigenvalue weighted by Gasteiger charge is 2.15. The molecule has 4 rings (SSSR count). The van der Waals surface area contributed by atoms with Gasteiger partial charge in [-0.3, -0.25) is 14.9 Å². The number of non-ortho nitro benzene ring substituents is 1. The van der Waals surface area contributed by atoms with Crippen LogP contribution in [0.25, 0.3) is 5.82 Å². The number of nitro benzene ring substituents is 1. The molecule has 0 atom stereocenters. The quantitative estimate of drug-likeness (QED) is 0.342. The number of nitro groups is 1. The zero-order valence-electron chi connectivity index (χ0n) is 15.8. The monoisotopic (exact) mass is 435 g/mol. The summed E-state index contributed by atoms with van der Waals surface area (Å²) in [5.41, 5.74) is 1.24. The standard InChI is InChI=1S/C20H14ClN7O3/c21-17-10-15(28(30)31)6-7-16(17)20(29)26-14-4-2-13(3-5-14)25-18-11-19(23-12-22-18)27-9-1-8-24-27/h1-12H,(H,26,29)(H,22,23,25). The van der Waals surface area contributed by atoms with Crippen molar-refractivity contribution in [3.05, 3.63) is 94.0 Å². The van der Waals surface area contributed by atoms with Crippen molar-refractivity contribution in [3.63, 3.8) is 0 Å². The highest BCUT2D eigenvalue weighted by molar-refractivity contribution is 6.34. The molecular weight excluding hydrogens is 422 g/mol. The molecule has 2 heterocycles. The van der Waals surface area contributed by atoms with Crippen LogP contribution in [0.1, 0.15) is 10.4 Å². The van der Waals surface area contributed by atoms with Crippen LogP contribution in [0.15, 0.2) is 73.3 Å². The molecule has 0 aliphatic carbocycles. The van der Waals surface area contributed by atoms with E-state index < -0.39 is 10.8 Å². The summed E-state index contributed by atoms with van der Waals surface area (Å²) in [4.78, 5) is 31.0. The first-order chi connectivity index (χ1) is 15.0. The Morgan fingerprint density at radius 2 is 1.84 bits per heavy atom. The first-order valence-electron chi connectivity index (χ1n) is 8.94. The maximum atomic E-state index is 12.4. The van der Waals surface area contributed by atoms with Crippen LogP contribution < -0.4 is 10.6 Å². The topological polar surface area (TPSA) is 128 Å². The van der Waals surface area contributed by atoms with Crippen LogP contribution in [0, 0.1) is 10.1 Å². The molecule has 0 aliphatic heterocycles. The van der Waals surface area contributed by atoms with Gasteiger partial charge in [-0.1, -0.05) is 11.6 Å². The van der Waals surface area contributed by atoms with Gasteiger partial charge in [-0.2, -0.15) is 5.10 Å². The smallest absolute Gasteiger partial charge is 0.270 e. The van der Waals surface area contributed by atoms with E-state index in [2.05, 4.69) is 25.7 Å². The number of hydrogen-bond donors (Lipinski definition) is 2. The number of benzene rings is 2. The lowest BCUT2D eigenvalue weighted by atomic mass is 10.2. The minimum absolute atomic E-state index is 0.00161. The third kappa shape index (κ3) is 4.65. The molecule has 0 fully saturated rings. The summed E-state index contributed by atoms with van der Waals surface area (Å²) in [6.45, 7) is 0. The highest BCUT2D eigenvalue weighted by Crippen LogP contribution is 2.24. The van der Waals surface area contributed by atoms with E-state index in [4.69, 9.17) is 11.6 Å². The Labute approximate surface area is 180 Å². The molecule has 0 radical (unpaired) electrons. The van der Waals surface area contributed by atoms with E-state index in [1.807, 2.05) is 0 Å². The van der Waals surface area contributed by atoms with Crippen LogP contribution >= 0.6 is 11.6 Å². The van der Waals surface area contributed by atoms with Gasteiger partial charge in [0.25, 0.3) is 11.6 Å². The van der Waals surface area contributed by atoms with Gasteiger partial charge in [0.15, 0.2) is 5.82 Å². The summed E-state index contributed by atoms with van der Waals surface area (Å²) in [6.07, 6.45) is 4.87. The van der Waals surface area contributed by atoms with E-state index in [0.29, 0.717) is 17.3 Å². The molecule has 4 aromatic rings. The average Bonchev–Trinajstić information content (AvgIpc) is 3.30. The maximum absolute atomic E-state index is 12.4. The van der Waals surface area contributed by atoms with Crippen LogP contribution in [0.2, 0.25) is 5.02 Å². The second kappa shape index (κ2) is 8.59. The van der Waals surface area contributed by atoms with Gasteiger partial charge in [-0.25, -0.2) is 14.6 Å². The number of hydrogen-bond acceptors (Lipinski definition) is 7. The molecule has 2 aromatic heterocycles. The summed E-state index contributed by atoms with van der Waals surface area (Å²) in [7, 11) is 0. The van der Waals surface area contributed by atoms with Crippen LogP contribution in [0.5, 0.6) is 0 Å². The Hall–Kier alpha value is -4.31. The van der Waals surface area contributed by atoms with Crippen molar-refractivity contribution in [1.82, 2.24) is 19.7 Å². The lowest BCUT2D eigenvalue weighted by molar-refractivity contribution is -0.384. The molecule has 0 unspecified atom stereocenters. The molecule has 31 heavy (non-hydrogen) atoms. The van der Waals surface area contributed by atoms with E-state index in [9.17, 15) is 14.9 Å².